The molecule has 0 amide bonds. The van der Waals surface area contributed by atoms with Crippen molar-refractivity contribution in [1.29, 1.82) is 0 Å². The van der Waals surface area contributed by atoms with Crippen molar-refractivity contribution < 1.29 is 23.7 Å². The lowest BCUT2D eigenvalue weighted by Crippen LogP contribution is -2.18. The molecule has 3 aliphatic rings. The van der Waals surface area contributed by atoms with E-state index < -0.39 is 0 Å². The minimum atomic E-state index is -0.146. The number of aryl methyl sites for hydroxylation is 2. The number of methoxy groups -OCH3 is 1. The zero-order chi connectivity index (χ0) is 16.4. The average Bonchev–Trinajstić information content (AvgIpc) is 3.44. The van der Waals surface area contributed by atoms with Crippen LogP contribution in [0.3, 0.4) is 0 Å². The summed E-state index contributed by atoms with van der Waals surface area (Å²) in [7, 11) is 1.51. The molecule has 5 rings (SSSR count). The molecule has 6 nitrogen and oxygen atoms in total. The van der Waals surface area contributed by atoms with Crippen LogP contribution in [0.1, 0.15) is 34.9 Å². The summed E-state index contributed by atoms with van der Waals surface area (Å²) >= 11 is 0. The topological polar surface area (TPSA) is 84.7 Å². The molecule has 1 N–H and O–H groups in total. The quantitative estimate of drug-likeness (QED) is 0.865. The number of ether oxygens (including phenoxy) is 3. The van der Waals surface area contributed by atoms with E-state index in [1.165, 1.54) is 7.11 Å². The normalized spacial score (nSPS) is 28.5. The molecule has 0 radical (unpaired) electrons. The molecule has 0 spiro atoms. The molecular weight excluding hydrogens is 312 g/mol. The monoisotopic (exact) mass is 328 g/mol. The van der Waals surface area contributed by atoms with Crippen molar-refractivity contribution in [2.75, 3.05) is 7.11 Å². The number of benzene rings is 1. The Kier molecular flexibility index (Phi) is 2.84. The molecular formula is C18H16O6. The Labute approximate surface area is 137 Å². The van der Waals surface area contributed by atoms with Gasteiger partial charge < -0.3 is 23.7 Å². The fourth-order valence-electron chi connectivity index (χ4n) is 3.54. The van der Waals surface area contributed by atoms with Gasteiger partial charge in [0.2, 0.25) is 0 Å². The molecule has 24 heavy (non-hydrogen) atoms. The fraction of sp³-hybridized carbons (Fsp3) is 0.389. The molecule has 4 atom stereocenters. The Morgan fingerprint density at radius 2 is 1.92 bits per heavy atom. The lowest BCUT2D eigenvalue weighted by atomic mass is 9.96. The van der Waals surface area contributed by atoms with Gasteiger partial charge in [-0.1, -0.05) is 6.07 Å². The van der Waals surface area contributed by atoms with E-state index in [0.29, 0.717) is 35.7 Å². The van der Waals surface area contributed by atoms with Gasteiger partial charge in [0.25, 0.3) is 0 Å². The molecule has 124 valence electrons. The molecule has 2 aliphatic heterocycles. The number of phenolic OH excluding ortho intramolecular Hbond substituents is 1. The van der Waals surface area contributed by atoms with Gasteiger partial charge in [-0.25, -0.2) is 0 Å². The second-order valence-corrected chi connectivity index (χ2v) is 6.40. The van der Waals surface area contributed by atoms with Crippen LogP contribution in [0.25, 0.3) is 0 Å². The first-order chi connectivity index (χ1) is 11.7. The van der Waals surface area contributed by atoms with Gasteiger partial charge in [0.15, 0.2) is 16.9 Å². The smallest absolute Gasteiger partial charge is 0.191 e. The van der Waals surface area contributed by atoms with Crippen LogP contribution in [0.15, 0.2) is 33.5 Å². The molecule has 0 bridgehead atoms. The number of aromatic hydroxyl groups is 1. The van der Waals surface area contributed by atoms with Gasteiger partial charge in [0.1, 0.15) is 35.9 Å². The van der Waals surface area contributed by atoms with Gasteiger partial charge in [-0.15, -0.1) is 0 Å². The summed E-state index contributed by atoms with van der Waals surface area (Å²) in [6.45, 7) is 0. The van der Waals surface area contributed by atoms with Crippen LogP contribution >= 0.6 is 0 Å². The Hall–Kier alpha value is -2.31. The molecule has 0 saturated carbocycles. The lowest BCUT2D eigenvalue weighted by Gasteiger charge is -2.10. The number of hydrogen-bond donors (Lipinski definition) is 1. The van der Waals surface area contributed by atoms with Crippen LogP contribution in [0.4, 0.5) is 0 Å². The number of epoxide rings is 2. The zero-order valence-corrected chi connectivity index (χ0v) is 13.0. The van der Waals surface area contributed by atoms with Crippen molar-refractivity contribution in [1.82, 2.24) is 0 Å². The van der Waals surface area contributed by atoms with Crippen LogP contribution < -0.4 is 10.2 Å². The van der Waals surface area contributed by atoms with E-state index in [1.54, 1.807) is 18.2 Å². The number of hydrogen-bond acceptors (Lipinski definition) is 6. The Bertz CT molecular complexity index is 886. The molecule has 1 aliphatic carbocycles. The Balaban J connectivity index is 1.39. The van der Waals surface area contributed by atoms with E-state index in [-0.39, 0.29) is 35.6 Å². The number of phenols is 1. The van der Waals surface area contributed by atoms with Gasteiger partial charge in [-0.05, 0) is 24.1 Å². The number of rotatable bonds is 4. The van der Waals surface area contributed by atoms with Crippen LogP contribution in [-0.2, 0) is 22.3 Å². The van der Waals surface area contributed by atoms with Gasteiger partial charge in [0, 0.05) is 12.5 Å². The molecule has 1 aromatic heterocycles. The van der Waals surface area contributed by atoms with Crippen molar-refractivity contribution >= 4 is 0 Å². The Morgan fingerprint density at radius 3 is 2.71 bits per heavy atom. The van der Waals surface area contributed by atoms with Crippen LogP contribution in [-0.4, -0.2) is 24.4 Å². The van der Waals surface area contributed by atoms with Crippen molar-refractivity contribution in [2.24, 2.45) is 0 Å². The van der Waals surface area contributed by atoms with E-state index in [2.05, 4.69) is 0 Å². The van der Waals surface area contributed by atoms with Gasteiger partial charge >= 0.3 is 0 Å². The first-order valence-corrected chi connectivity index (χ1v) is 7.99. The maximum Gasteiger partial charge on any atom is 0.191 e. The highest BCUT2D eigenvalue weighted by Crippen LogP contribution is 2.59. The SMILES string of the molecule is COc1ccc(CCc2cc(=O)c3c(o2)C2OC2C2OC32)cc1O. The number of fused-ring (bicyclic) bond motifs is 6. The first-order valence-electron chi connectivity index (χ1n) is 7.99. The predicted octanol–water partition coefficient (Wildman–Crippen LogP) is 2.03. The molecule has 6 heteroatoms. The molecule has 4 unspecified atom stereocenters. The maximum absolute atomic E-state index is 12.4. The van der Waals surface area contributed by atoms with Crippen molar-refractivity contribution in [3.8, 4) is 11.5 Å². The summed E-state index contributed by atoms with van der Waals surface area (Å²) in [5.74, 6) is 1.81. The third-order valence-electron chi connectivity index (χ3n) is 4.89. The van der Waals surface area contributed by atoms with Crippen LogP contribution in [0.5, 0.6) is 11.5 Å². The van der Waals surface area contributed by atoms with Crippen molar-refractivity contribution in [3.63, 3.8) is 0 Å². The summed E-state index contributed by atoms with van der Waals surface area (Å²) in [6, 6.07) is 6.82. The average molecular weight is 328 g/mol. The second kappa shape index (κ2) is 4.84. The largest absolute Gasteiger partial charge is 0.504 e. The predicted molar refractivity (Wildman–Crippen MR) is 82.3 cm³/mol. The van der Waals surface area contributed by atoms with Crippen LogP contribution in [0.2, 0.25) is 0 Å². The van der Waals surface area contributed by atoms with E-state index in [4.69, 9.17) is 18.6 Å². The fourth-order valence-corrected chi connectivity index (χ4v) is 3.54. The maximum atomic E-state index is 12.4. The molecule has 2 aromatic rings. The third-order valence-corrected chi connectivity index (χ3v) is 4.89. The van der Waals surface area contributed by atoms with E-state index in [9.17, 15) is 9.90 Å². The molecule has 1 aromatic carbocycles. The first kappa shape index (κ1) is 14.1. The minimum absolute atomic E-state index is 0.0368. The van der Waals surface area contributed by atoms with E-state index in [0.717, 1.165) is 5.56 Å². The van der Waals surface area contributed by atoms with Gasteiger partial charge in [-0.2, -0.15) is 0 Å². The standard InChI is InChI=1S/C18H16O6/c1-21-12-5-3-8(6-10(12)19)2-4-9-7-11(20)13-14(22-9)16-18(24-16)17-15(13)23-17/h3,5-7,15-19H,2,4H2,1H3. The van der Waals surface area contributed by atoms with E-state index >= 15 is 0 Å². The summed E-state index contributed by atoms with van der Waals surface area (Å²) in [4.78, 5) is 12.4. The summed E-state index contributed by atoms with van der Waals surface area (Å²) < 4.78 is 22.1. The third kappa shape index (κ3) is 2.07. The highest BCUT2D eigenvalue weighted by molar-refractivity contribution is 5.42. The second-order valence-electron chi connectivity index (χ2n) is 6.40. The molecule has 3 heterocycles. The zero-order valence-electron chi connectivity index (χ0n) is 13.0. The van der Waals surface area contributed by atoms with Gasteiger partial charge in [0.05, 0.1) is 12.7 Å². The van der Waals surface area contributed by atoms with Crippen LogP contribution in [0, 0.1) is 0 Å². The minimum Gasteiger partial charge on any atom is -0.504 e. The Morgan fingerprint density at radius 1 is 1.12 bits per heavy atom. The summed E-state index contributed by atoms with van der Waals surface area (Å²) in [5, 5.41) is 9.84. The van der Waals surface area contributed by atoms with E-state index in [1.807, 2.05) is 6.07 Å². The van der Waals surface area contributed by atoms with Crippen molar-refractivity contribution in [3.05, 3.63) is 57.1 Å². The molecule has 2 saturated heterocycles. The van der Waals surface area contributed by atoms with Gasteiger partial charge in [-0.3, -0.25) is 4.79 Å². The van der Waals surface area contributed by atoms with Crippen molar-refractivity contribution in [2.45, 2.75) is 37.3 Å². The summed E-state index contributed by atoms with van der Waals surface area (Å²) in [6.07, 6.45) is 1.05. The molecule has 2 fully saturated rings. The summed E-state index contributed by atoms with van der Waals surface area (Å²) in [5.41, 5.74) is 1.54. The highest BCUT2D eigenvalue weighted by atomic mass is 16.7. The highest BCUT2D eigenvalue weighted by Gasteiger charge is 2.66. The lowest BCUT2D eigenvalue weighted by molar-refractivity contribution is 0.289.